The summed E-state index contributed by atoms with van der Waals surface area (Å²) in [6.07, 6.45) is 2.52. The van der Waals surface area contributed by atoms with E-state index in [9.17, 15) is 15.0 Å². The van der Waals surface area contributed by atoms with E-state index >= 15 is 0 Å². The molecule has 2 aromatic rings. The molecule has 28 heavy (non-hydrogen) atoms. The van der Waals surface area contributed by atoms with Gasteiger partial charge in [-0.2, -0.15) is 5.10 Å². The molecule has 0 amide bonds. The van der Waals surface area contributed by atoms with Crippen LogP contribution in [0.15, 0.2) is 18.5 Å². The summed E-state index contributed by atoms with van der Waals surface area (Å²) in [5, 5.41) is 25.7. The second kappa shape index (κ2) is 6.68. The van der Waals surface area contributed by atoms with E-state index in [1.54, 1.807) is 26.0 Å². The molecule has 3 heterocycles. The van der Waals surface area contributed by atoms with E-state index in [4.69, 9.17) is 15.2 Å². The normalized spacial score (nSPS) is 33.6. The minimum absolute atomic E-state index is 0.0901. The minimum atomic E-state index is -1.28. The van der Waals surface area contributed by atoms with Crippen LogP contribution in [0.3, 0.4) is 0 Å². The molecule has 0 aromatic carbocycles. The molecular formula is C19H26N4O5. The zero-order chi connectivity index (χ0) is 20.1. The van der Waals surface area contributed by atoms with Crippen LogP contribution in [0.25, 0.3) is 5.52 Å². The number of nitrogen functional groups attached to an aromatic ring is 1. The monoisotopic (exact) mass is 390 g/mol. The van der Waals surface area contributed by atoms with Crippen LogP contribution in [-0.4, -0.2) is 55.2 Å². The molecule has 1 saturated heterocycles. The number of anilines is 1. The summed E-state index contributed by atoms with van der Waals surface area (Å²) in [6.45, 7) is 3.16. The van der Waals surface area contributed by atoms with Gasteiger partial charge >= 0.3 is 5.97 Å². The summed E-state index contributed by atoms with van der Waals surface area (Å²) in [5.41, 5.74) is 4.45. The lowest BCUT2D eigenvalue weighted by Gasteiger charge is -2.30. The Hall–Kier alpha value is -2.23. The Kier molecular flexibility index (Phi) is 4.56. The van der Waals surface area contributed by atoms with Gasteiger partial charge in [-0.25, -0.2) is 9.50 Å². The summed E-state index contributed by atoms with van der Waals surface area (Å²) >= 11 is 0. The van der Waals surface area contributed by atoms with Crippen molar-refractivity contribution in [2.45, 2.75) is 62.9 Å². The minimum Gasteiger partial charge on any atom is -0.462 e. The quantitative estimate of drug-likeness (QED) is 0.652. The Morgan fingerprint density at radius 2 is 2.04 bits per heavy atom. The lowest BCUT2D eigenvalue weighted by Crippen LogP contribution is -2.45. The van der Waals surface area contributed by atoms with Crippen molar-refractivity contribution in [3.05, 3.63) is 24.2 Å². The summed E-state index contributed by atoms with van der Waals surface area (Å²) in [6, 6.07) is 3.46. The largest absolute Gasteiger partial charge is 0.462 e. The van der Waals surface area contributed by atoms with Gasteiger partial charge in [0.1, 0.15) is 41.9 Å². The summed E-state index contributed by atoms with van der Waals surface area (Å²) in [7, 11) is 0. The number of fused-ring (bicyclic) bond motifs is 1. The number of hydrogen-bond donors (Lipinski definition) is 3. The Balaban J connectivity index is 1.59. The zero-order valence-corrected chi connectivity index (χ0v) is 16.0. The van der Waals surface area contributed by atoms with Crippen molar-refractivity contribution in [2.24, 2.45) is 5.92 Å². The number of aliphatic hydroxyl groups is 2. The molecule has 2 aliphatic rings. The predicted octanol–water partition coefficient (Wildman–Crippen LogP) is 0.771. The van der Waals surface area contributed by atoms with Crippen molar-refractivity contribution in [1.29, 1.82) is 0 Å². The number of carbonyl (C=O) groups excluding carboxylic acids is 1. The number of esters is 1. The van der Waals surface area contributed by atoms with Gasteiger partial charge in [0, 0.05) is 0 Å². The number of nitrogens with zero attached hydrogens (tertiary/aromatic N) is 3. The lowest BCUT2D eigenvalue weighted by molar-refractivity contribution is -0.172. The van der Waals surface area contributed by atoms with Gasteiger partial charge in [-0.05, 0) is 38.8 Å². The molecule has 4 atom stereocenters. The molecule has 0 bridgehead atoms. The molecule has 2 aromatic heterocycles. The molecule has 1 aliphatic carbocycles. The molecule has 152 valence electrons. The third-order valence-corrected chi connectivity index (χ3v) is 6.11. The van der Waals surface area contributed by atoms with Gasteiger partial charge in [0.2, 0.25) is 0 Å². The van der Waals surface area contributed by atoms with Crippen LogP contribution >= 0.6 is 0 Å². The lowest BCUT2D eigenvalue weighted by atomic mass is 9.90. The zero-order valence-electron chi connectivity index (χ0n) is 16.0. The summed E-state index contributed by atoms with van der Waals surface area (Å²) in [4.78, 5) is 16.2. The highest BCUT2D eigenvalue weighted by Crippen LogP contribution is 2.45. The van der Waals surface area contributed by atoms with Crippen molar-refractivity contribution >= 4 is 17.3 Å². The number of rotatable bonds is 4. The van der Waals surface area contributed by atoms with E-state index in [0.717, 1.165) is 25.7 Å². The maximum atomic E-state index is 12.3. The van der Waals surface area contributed by atoms with Gasteiger partial charge in [0.15, 0.2) is 5.82 Å². The number of ether oxygens (including phenoxy) is 2. The molecule has 4 rings (SSSR count). The van der Waals surface area contributed by atoms with E-state index in [1.165, 1.54) is 10.8 Å². The van der Waals surface area contributed by atoms with Crippen LogP contribution in [0.5, 0.6) is 0 Å². The maximum Gasteiger partial charge on any atom is 0.309 e. The van der Waals surface area contributed by atoms with Crippen LogP contribution in [0, 0.1) is 5.92 Å². The second-order valence-electron chi connectivity index (χ2n) is 8.16. The number of carbonyl (C=O) groups is 1. The standard InChI is InChI=1S/C19H26N4O5/c1-18(9-27-17(26)11-5-3-4-6-11)14(24)15(25)19(2,28-18)13-8-7-12-16(20)21-10-22-23(12)13/h7-8,10-11,14-15,24-25H,3-6,9H2,1-2H3,(H2,20,21,22)/t14-,15+,18?,19-/m0/s1. The molecule has 4 N–H and O–H groups in total. The fourth-order valence-electron chi connectivity index (χ4n) is 4.38. The maximum absolute atomic E-state index is 12.3. The van der Waals surface area contributed by atoms with Crippen LogP contribution in [0.4, 0.5) is 5.82 Å². The highest BCUT2D eigenvalue weighted by atomic mass is 16.6. The van der Waals surface area contributed by atoms with Crippen LogP contribution in [0.2, 0.25) is 0 Å². The Morgan fingerprint density at radius 3 is 2.75 bits per heavy atom. The molecule has 2 fully saturated rings. The van der Waals surface area contributed by atoms with Crippen molar-refractivity contribution in [2.75, 3.05) is 12.3 Å². The number of nitrogens with two attached hydrogens (primary N) is 1. The number of aliphatic hydroxyl groups excluding tert-OH is 2. The third kappa shape index (κ3) is 2.85. The van der Waals surface area contributed by atoms with Crippen molar-refractivity contribution < 1.29 is 24.5 Å². The van der Waals surface area contributed by atoms with E-state index in [0.29, 0.717) is 17.0 Å². The molecule has 9 nitrogen and oxygen atoms in total. The first-order valence-electron chi connectivity index (χ1n) is 9.58. The Bertz CT molecular complexity index is 896. The average molecular weight is 390 g/mol. The number of hydrogen-bond acceptors (Lipinski definition) is 8. The third-order valence-electron chi connectivity index (χ3n) is 6.11. The highest BCUT2D eigenvalue weighted by Gasteiger charge is 2.60. The second-order valence-corrected chi connectivity index (χ2v) is 8.16. The first kappa shape index (κ1) is 19.1. The van der Waals surface area contributed by atoms with E-state index in [2.05, 4.69) is 10.1 Å². The Labute approximate surface area is 162 Å². The first-order chi connectivity index (χ1) is 13.3. The molecule has 9 heteroatoms. The van der Waals surface area contributed by atoms with E-state index in [1.807, 2.05) is 0 Å². The van der Waals surface area contributed by atoms with Gasteiger partial charge in [0.25, 0.3) is 0 Å². The topological polar surface area (TPSA) is 132 Å². The molecular weight excluding hydrogens is 364 g/mol. The van der Waals surface area contributed by atoms with Crippen LogP contribution in [0.1, 0.15) is 45.2 Å². The predicted molar refractivity (Wildman–Crippen MR) is 99.2 cm³/mol. The van der Waals surface area contributed by atoms with Crippen molar-refractivity contribution in [3.8, 4) is 0 Å². The molecule has 1 aliphatic heterocycles. The van der Waals surface area contributed by atoms with Gasteiger partial charge in [0.05, 0.1) is 11.6 Å². The van der Waals surface area contributed by atoms with E-state index < -0.39 is 23.4 Å². The van der Waals surface area contributed by atoms with E-state index in [-0.39, 0.29) is 18.5 Å². The summed E-state index contributed by atoms with van der Waals surface area (Å²) < 4.78 is 13.2. The van der Waals surface area contributed by atoms with Gasteiger partial charge in [-0.1, -0.05) is 12.8 Å². The highest BCUT2D eigenvalue weighted by molar-refractivity contribution is 5.72. The van der Waals surface area contributed by atoms with Crippen molar-refractivity contribution in [1.82, 2.24) is 14.6 Å². The Morgan fingerprint density at radius 1 is 1.32 bits per heavy atom. The fourth-order valence-corrected chi connectivity index (χ4v) is 4.38. The van der Waals surface area contributed by atoms with Crippen molar-refractivity contribution in [3.63, 3.8) is 0 Å². The smallest absolute Gasteiger partial charge is 0.309 e. The molecule has 1 saturated carbocycles. The van der Waals surface area contributed by atoms with Gasteiger partial charge < -0.3 is 25.4 Å². The number of aromatic nitrogens is 3. The SMILES string of the molecule is CC1(COC(=O)C2CCCC2)O[C@@](C)(c2ccc3c(N)ncnn23)[C@H](O)[C@@H]1O. The fraction of sp³-hybridized carbons (Fsp3) is 0.632. The van der Waals surface area contributed by atoms with Crippen LogP contribution in [-0.2, 0) is 19.9 Å². The van der Waals surface area contributed by atoms with Gasteiger partial charge in [-0.15, -0.1) is 0 Å². The first-order valence-corrected chi connectivity index (χ1v) is 9.58. The summed E-state index contributed by atoms with van der Waals surface area (Å²) in [5.74, 6) is -0.0647. The van der Waals surface area contributed by atoms with Crippen LogP contribution < -0.4 is 5.73 Å². The molecule has 0 radical (unpaired) electrons. The van der Waals surface area contributed by atoms with Gasteiger partial charge in [-0.3, -0.25) is 4.79 Å². The average Bonchev–Trinajstić information content (AvgIpc) is 3.38. The molecule has 0 spiro atoms. The molecule has 1 unspecified atom stereocenters.